The highest BCUT2D eigenvalue weighted by Gasteiger charge is 2.25. The number of hydrogen-bond acceptors (Lipinski definition) is 4. The number of rotatable bonds is 4. The minimum Gasteiger partial charge on any atom is -0.494 e. The summed E-state index contributed by atoms with van der Waals surface area (Å²) in [6.45, 7) is 4.63. The molecule has 7 heteroatoms. The molecule has 1 fully saturated rings. The van der Waals surface area contributed by atoms with Crippen molar-refractivity contribution in [1.29, 1.82) is 0 Å². The third kappa shape index (κ3) is 3.75. The molecule has 1 amide bonds. The van der Waals surface area contributed by atoms with Gasteiger partial charge in [0.1, 0.15) is 17.1 Å². The van der Waals surface area contributed by atoms with Crippen LogP contribution in [0.25, 0.3) is 10.9 Å². The largest absolute Gasteiger partial charge is 0.494 e. The van der Waals surface area contributed by atoms with Crippen LogP contribution in [0.4, 0.5) is 10.1 Å². The van der Waals surface area contributed by atoms with Crippen molar-refractivity contribution in [2.45, 2.75) is 6.92 Å². The van der Waals surface area contributed by atoms with Gasteiger partial charge in [-0.15, -0.1) is 0 Å². The number of benzene rings is 2. The summed E-state index contributed by atoms with van der Waals surface area (Å²) in [6, 6.07) is 11.7. The van der Waals surface area contributed by atoms with Gasteiger partial charge in [-0.05, 0) is 49.4 Å². The summed E-state index contributed by atoms with van der Waals surface area (Å²) in [7, 11) is 1.82. The highest BCUT2D eigenvalue weighted by atomic mass is 19.1. The zero-order valence-corrected chi connectivity index (χ0v) is 17.1. The van der Waals surface area contributed by atoms with Gasteiger partial charge < -0.3 is 19.1 Å². The highest BCUT2D eigenvalue weighted by Crippen LogP contribution is 2.21. The second-order valence-electron chi connectivity index (χ2n) is 7.35. The fourth-order valence-electron chi connectivity index (χ4n) is 3.87. The maximum Gasteiger partial charge on any atom is 0.259 e. The van der Waals surface area contributed by atoms with E-state index in [1.807, 2.05) is 26.1 Å². The van der Waals surface area contributed by atoms with Crippen molar-refractivity contribution in [3.05, 3.63) is 70.3 Å². The monoisotopic (exact) mass is 409 g/mol. The second kappa shape index (κ2) is 8.18. The molecule has 0 bridgehead atoms. The number of anilines is 1. The van der Waals surface area contributed by atoms with Crippen molar-refractivity contribution in [2.24, 2.45) is 7.05 Å². The summed E-state index contributed by atoms with van der Waals surface area (Å²) in [4.78, 5) is 30.0. The van der Waals surface area contributed by atoms with Gasteiger partial charge in [0.2, 0.25) is 5.43 Å². The van der Waals surface area contributed by atoms with Crippen molar-refractivity contribution >= 4 is 22.5 Å². The molecule has 0 atom stereocenters. The maximum atomic E-state index is 13.1. The van der Waals surface area contributed by atoms with Crippen molar-refractivity contribution in [1.82, 2.24) is 9.47 Å². The number of pyridine rings is 1. The number of aryl methyl sites for hydroxylation is 1. The van der Waals surface area contributed by atoms with Crippen LogP contribution in [-0.4, -0.2) is 48.2 Å². The van der Waals surface area contributed by atoms with Gasteiger partial charge in [0.25, 0.3) is 5.91 Å². The number of amides is 1. The van der Waals surface area contributed by atoms with Crippen LogP contribution in [0.1, 0.15) is 17.3 Å². The molecule has 3 aromatic rings. The first-order valence-corrected chi connectivity index (χ1v) is 10.0. The van der Waals surface area contributed by atoms with Crippen LogP contribution in [0.2, 0.25) is 0 Å². The number of fused-ring (bicyclic) bond motifs is 1. The van der Waals surface area contributed by atoms with Crippen LogP contribution in [0.5, 0.6) is 5.75 Å². The first-order valence-electron chi connectivity index (χ1n) is 10.0. The van der Waals surface area contributed by atoms with E-state index in [1.165, 1.54) is 12.1 Å². The maximum absolute atomic E-state index is 13.1. The Balaban J connectivity index is 1.57. The molecule has 4 rings (SSSR count). The highest BCUT2D eigenvalue weighted by molar-refractivity contribution is 5.97. The van der Waals surface area contributed by atoms with Crippen LogP contribution in [0, 0.1) is 5.82 Å². The van der Waals surface area contributed by atoms with Crippen molar-refractivity contribution in [3.8, 4) is 5.75 Å². The predicted octanol–water partition coefficient (Wildman–Crippen LogP) is 3.04. The van der Waals surface area contributed by atoms with E-state index < -0.39 is 0 Å². The number of hydrogen-bond donors (Lipinski definition) is 0. The van der Waals surface area contributed by atoms with Gasteiger partial charge in [-0.3, -0.25) is 9.59 Å². The zero-order valence-electron chi connectivity index (χ0n) is 17.1. The summed E-state index contributed by atoms with van der Waals surface area (Å²) < 4.78 is 20.5. The Labute approximate surface area is 174 Å². The number of ether oxygens (including phenoxy) is 1. The van der Waals surface area contributed by atoms with E-state index in [1.54, 1.807) is 33.9 Å². The molecule has 0 spiro atoms. The molecule has 0 unspecified atom stereocenters. The second-order valence-corrected chi connectivity index (χ2v) is 7.35. The first kappa shape index (κ1) is 19.9. The average Bonchev–Trinajstić information content (AvgIpc) is 2.76. The van der Waals surface area contributed by atoms with Crippen molar-refractivity contribution < 1.29 is 13.9 Å². The Kier molecular flexibility index (Phi) is 5.44. The Morgan fingerprint density at radius 2 is 1.77 bits per heavy atom. The SMILES string of the molecule is CCOc1ccc2c(c1)c(=O)c(C(=O)N1CCN(c3ccc(F)cc3)CC1)cn2C. The summed E-state index contributed by atoms with van der Waals surface area (Å²) in [6.07, 6.45) is 1.61. The van der Waals surface area contributed by atoms with Crippen LogP contribution in [0.3, 0.4) is 0 Å². The number of carbonyl (C=O) groups excluding carboxylic acids is 1. The quantitative estimate of drug-likeness (QED) is 0.665. The topological polar surface area (TPSA) is 54.8 Å². The molecule has 0 saturated carbocycles. The fraction of sp³-hybridized carbons (Fsp3) is 0.304. The minimum absolute atomic E-state index is 0.161. The van der Waals surface area contributed by atoms with E-state index in [9.17, 15) is 14.0 Å². The molecule has 30 heavy (non-hydrogen) atoms. The molecule has 2 heterocycles. The molecule has 156 valence electrons. The van der Waals surface area contributed by atoms with E-state index in [4.69, 9.17) is 4.74 Å². The Morgan fingerprint density at radius 1 is 1.07 bits per heavy atom. The third-order valence-corrected chi connectivity index (χ3v) is 5.46. The Bertz CT molecular complexity index is 1130. The molecule has 0 radical (unpaired) electrons. The molecule has 1 aromatic heterocycles. The van der Waals surface area contributed by atoms with Crippen LogP contribution in [0.15, 0.2) is 53.5 Å². The Hall–Kier alpha value is -3.35. The minimum atomic E-state index is -0.282. The Morgan fingerprint density at radius 3 is 2.43 bits per heavy atom. The molecular weight excluding hydrogens is 385 g/mol. The van der Waals surface area contributed by atoms with E-state index in [-0.39, 0.29) is 22.7 Å². The smallest absolute Gasteiger partial charge is 0.259 e. The molecule has 0 aliphatic carbocycles. The number of aromatic nitrogens is 1. The van der Waals surface area contributed by atoms with Crippen molar-refractivity contribution in [2.75, 3.05) is 37.7 Å². The molecule has 1 aliphatic rings. The zero-order chi connectivity index (χ0) is 21.3. The number of nitrogens with zero attached hydrogens (tertiary/aromatic N) is 3. The summed E-state index contributed by atoms with van der Waals surface area (Å²) in [5.74, 6) is 0.0740. The molecule has 0 N–H and O–H groups in total. The van der Waals surface area contributed by atoms with Gasteiger partial charge in [0.15, 0.2) is 0 Å². The van der Waals surface area contributed by atoms with Crippen LogP contribution in [-0.2, 0) is 7.05 Å². The third-order valence-electron chi connectivity index (χ3n) is 5.46. The lowest BCUT2D eigenvalue weighted by atomic mass is 10.1. The van der Waals surface area contributed by atoms with Gasteiger partial charge in [-0.1, -0.05) is 0 Å². The number of carbonyl (C=O) groups is 1. The van der Waals surface area contributed by atoms with E-state index in [0.29, 0.717) is 43.9 Å². The van der Waals surface area contributed by atoms with E-state index in [0.717, 1.165) is 11.2 Å². The molecular formula is C23H24FN3O3. The standard InChI is InChI=1S/C23H24FN3O3/c1-3-30-18-8-9-21-19(14-18)22(28)20(15-25(21)2)23(29)27-12-10-26(11-13-27)17-6-4-16(24)5-7-17/h4-9,14-15H,3,10-13H2,1-2H3. The summed E-state index contributed by atoms with van der Waals surface area (Å²) in [5, 5.41) is 0.472. The fourth-order valence-corrected chi connectivity index (χ4v) is 3.87. The molecule has 1 saturated heterocycles. The lowest BCUT2D eigenvalue weighted by molar-refractivity contribution is 0.0745. The van der Waals surface area contributed by atoms with E-state index >= 15 is 0 Å². The van der Waals surface area contributed by atoms with Gasteiger partial charge in [0, 0.05) is 45.1 Å². The normalized spacial score (nSPS) is 14.2. The van der Waals surface area contributed by atoms with Gasteiger partial charge in [-0.2, -0.15) is 0 Å². The molecule has 2 aromatic carbocycles. The van der Waals surface area contributed by atoms with Crippen LogP contribution < -0.4 is 15.1 Å². The van der Waals surface area contributed by atoms with Crippen LogP contribution >= 0.6 is 0 Å². The molecule has 1 aliphatic heterocycles. The summed E-state index contributed by atoms with van der Waals surface area (Å²) >= 11 is 0. The number of piperazine rings is 1. The number of halogens is 1. The lowest BCUT2D eigenvalue weighted by Crippen LogP contribution is -2.49. The van der Waals surface area contributed by atoms with Gasteiger partial charge >= 0.3 is 0 Å². The van der Waals surface area contributed by atoms with Gasteiger partial charge in [-0.25, -0.2) is 4.39 Å². The van der Waals surface area contributed by atoms with Gasteiger partial charge in [0.05, 0.1) is 17.5 Å². The average molecular weight is 409 g/mol. The lowest BCUT2D eigenvalue weighted by Gasteiger charge is -2.36. The predicted molar refractivity (Wildman–Crippen MR) is 115 cm³/mol. The summed E-state index contributed by atoms with van der Waals surface area (Å²) in [5.41, 5.74) is 1.55. The first-order chi connectivity index (χ1) is 14.5. The van der Waals surface area contributed by atoms with E-state index in [2.05, 4.69) is 4.90 Å². The molecule has 6 nitrogen and oxygen atoms in total. The van der Waals surface area contributed by atoms with Crippen molar-refractivity contribution in [3.63, 3.8) is 0 Å².